The average molecular weight is 388 g/mol. The Morgan fingerprint density at radius 1 is 1.14 bits per heavy atom. The number of piperidine rings is 1. The summed E-state index contributed by atoms with van der Waals surface area (Å²) in [6.45, 7) is 2.84. The molecular weight excluding hydrogens is 369 g/mol. The van der Waals surface area contributed by atoms with Crippen LogP contribution >= 0.6 is 0 Å². The number of furan rings is 1. The van der Waals surface area contributed by atoms with E-state index in [4.69, 9.17) is 4.42 Å². The van der Waals surface area contributed by atoms with E-state index in [2.05, 4.69) is 4.98 Å². The van der Waals surface area contributed by atoms with Crippen molar-refractivity contribution in [2.45, 2.75) is 31.9 Å². The molecule has 7 heteroatoms. The van der Waals surface area contributed by atoms with E-state index in [1.54, 1.807) is 11.8 Å². The van der Waals surface area contributed by atoms with E-state index in [-0.39, 0.29) is 11.8 Å². The van der Waals surface area contributed by atoms with Crippen molar-refractivity contribution in [2.75, 3.05) is 13.1 Å². The van der Waals surface area contributed by atoms with Gasteiger partial charge in [0.15, 0.2) is 0 Å². The lowest BCUT2D eigenvalue weighted by atomic mass is 9.89. The van der Waals surface area contributed by atoms with Crippen LogP contribution in [0.2, 0.25) is 0 Å². The normalized spacial score (nSPS) is 15.9. The lowest BCUT2D eigenvalue weighted by Gasteiger charge is -2.30. The van der Waals surface area contributed by atoms with Crippen LogP contribution in [0.4, 0.5) is 13.2 Å². The molecule has 0 bridgehead atoms. The van der Waals surface area contributed by atoms with Gasteiger partial charge in [0.05, 0.1) is 0 Å². The maximum atomic E-state index is 12.9. The third-order valence-electron chi connectivity index (χ3n) is 5.28. The third kappa shape index (κ3) is 3.37. The summed E-state index contributed by atoms with van der Waals surface area (Å²) < 4.78 is 44.8. The van der Waals surface area contributed by atoms with E-state index < -0.39 is 11.9 Å². The summed E-state index contributed by atoms with van der Waals surface area (Å²) in [5, 5.41) is 0.855. The number of aromatic nitrogens is 1. The summed E-state index contributed by atoms with van der Waals surface area (Å²) in [5.41, 5.74) is 1.17. The Labute approximate surface area is 160 Å². The van der Waals surface area contributed by atoms with Crippen molar-refractivity contribution in [1.82, 2.24) is 9.88 Å². The first-order valence-electron chi connectivity index (χ1n) is 9.15. The number of pyridine rings is 1. The first-order valence-corrected chi connectivity index (χ1v) is 9.15. The maximum absolute atomic E-state index is 12.9. The van der Waals surface area contributed by atoms with Gasteiger partial charge in [0.2, 0.25) is 5.91 Å². The second-order valence-electron chi connectivity index (χ2n) is 7.05. The van der Waals surface area contributed by atoms with E-state index in [1.807, 2.05) is 24.3 Å². The van der Waals surface area contributed by atoms with Crippen LogP contribution in [0.1, 0.15) is 37.1 Å². The van der Waals surface area contributed by atoms with Gasteiger partial charge in [0.25, 0.3) is 0 Å². The minimum absolute atomic E-state index is 0.0511. The molecule has 1 fully saturated rings. The molecule has 0 aliphatic carbocycles. The lowest BCUT2D eigenvalue weighted by molar-refractivity contribution is -0.141. The van der Waals surface area contributed by atoms with Crippen LogP contribution in [0.5, 0.6) is 0 Å². The van der Waals surface area contributed by atoms with E-state index in [9.17, 15) is 18.0 Å². The van der Waals surface area contributed by atoms with Crippen LogP contribution < -0.4 is 0 Å². The zero-order chi connectivity index (χ0) is 19.9. The van der Waals surface area contributed by atoms with Gasteiger partial charge in [-0.05, 0) is 25.0 Å². The summed E-state index contributed by atoms with van der Waals surface area (Å²) in [4.78, 5) is 17.0. The van der Waals surface area contributed by atoms with Gasteiger partial charge in [-0.1, -0.05) is 24.3 Å². The van der Waals surface area contributed by atoms with Gasteiger partial charge in [-0.25, -0.2) is 0 Å². The van der Waals surface area contributed by atoms with Crippen molar-refractivity contribution < 1.29 is 22.4 Å². The molecule has 0 atom stereocenters. The van der Waals surface area contributed by atoms with Crippen molar-refractivity contribution in [1.29, 1.82) is 0 Å². The Morgan fingerprint density at radius 2 is 1.86 bits per heavy atom. The molecule has 0 saturated carbocycles. The molecule has 146 valence electrons. The number of hydrogen-bond acceptors (Lipinski definition) is 3. The van der Waals surface area contributed by atoms with Crippen molar-refractivity contribution in [2.24, 2.45) is 0 Å². The molecule has 28 heavy (non-hydrogen) atoms. The summed E-state index contributed by atoms with van der Waals surface area (Å²) >= 11 is 0. The number of likely N-dealkylation sites (tertiary alicyclic amines) is 1. The Hall–Kier alpha value is -2.83. The first kappa shape index (κ1) is 18.5. The van der Waals surface area contributed by atoms with E-state index in [1.165, 1.54) is 12.3 Å². The monoisotopic (exact) mass is 388 g/mol. The number of hydrogen-bond donors (Lipinski definition) is 0. The number of rotatable bonds is 2. The SMILES string of the molecule is CC(=O)N1CCC(c2oc3ccccc3c2-c2ccc(C(F)(F)F)nc2)CC1. The van der Waals surface area contributed by atoms with Crippen molar-refractivity contribution in [3.05, 3.63) is 54.0 Å². The number of carbonyl (C=O) groups is 1. The summed E-state index contributed by atoms with van der Waals surface area (Å²) in [6, 6.07) is 9.94. The summed E-state index contributed by atoms with van der Waals surface area (Å²) in [6.07, 6.45) is -1.71. The molecule has 2 aromatic heterocycles. The summed E-state index contributed by atoms with van der Waals surface area (Å²) in [7, 11) is 0. The maximum Gasteiger partial charge on any atom is 0.433 e. The highest BCUT2D eigenvalue weighted by Crippen LogP contribution is 2.42. The Balaban J connectivity index is 1.75. The fourth-order valence-corrected chi connectivity index (χ4v) is 3.82. The standard InChI is InChI=1S/C21H19F3N2O2/c1-13(27)26-10-8-14(9-11-26)20-19(16-4-2-3-5-17(16)28-20)15-6-7-18(25-12-15)21(22,23)24/h2-7,12,14H,8-11H2,1H3. The van der Waals surface area contributed by atoms with Crippen LogP contribution in [0.15, 0.2) is 47.0 Å². The first-order chi connectivity index (χ1) is 13.3. The number of carbonyl (C=O) groups excluding carboxylic acids is 1. The Morgan fingerprint density at radius 3 is 2.46 bits per heavy atom. The van der Waals surface area contributed by atoms with Gasteiger partial charge in [0, 0.05) is 48.6 Å². The molecule has 1 aliphatic rings. The molecule has 4 nitrogen and oxygen atoms in total. The van der Waals surface area contributed by atoms with Crippen LogP contribution in [-0.2, 0) is 11.0 Å². The zero-order valence-corrected chi connectivity index (χ0v) is 15.3. The van der Waals surface area contributed by atoms with Crippen molar-refractivity contribution >= 4 is 16.9 Å². The van der Waals surface area contributed by atoms with Gasteiger partial charge in [0.1, 0.15) is 17.0 Å². The number of alkyl halides is 3. The van der Waals surface area contributed by atoms with Gasteiger partial charge in [-0.15, -0.1) is 0 Å². The zero-order valence-electron chi connectivity index (χ0n) is 15.3. The van der Waals surface area contributed by atoms with E-state index in [0.29, 0.717) is 24.2 Å². The lowest BCUT2D eigenvalue weighted by Crippen LogP contribution is -2.36. The molecule has 1 amide bonds. The molecule has 1 aromatic carbocycles. The van der Waals surface area contributed by atoms with Gasteiger partial charge in [-0.2, -0.15) is 13.2 Å². The van der Waals surface area contributed by atoms with Crippen molar-refractivity contribution in [3.63, 3.8) is 0 Å². The molecule has 0 radical (unpaired) electrons. The van der Waals surface area contributed by atoms with Crippen LogP contribution in [0.3, 0.4) is 0 Å². The fraction of sp³-hybridized carbons (Fsp3) is 0.333. The second kappa shape index (κ2) is 6.96. The van der Waals surface area contributed by atoms with Gasteiger partial charge < -0.3 is 9.32 Å². The van der Waals surface area contributed by atoms with E-state index >= 15 is 0 Å². The molecule has 4 rings (SSSR count). The van der Waals surface area contributed by atoms with Gasteiger partial charge >= 0.3 is 6.18 Å². The predicted molar refractivity (Wildman–Crippen MR) is 98.7 cm³/mol. The molecule has 3 aromatic rings. The number of para-hydroxylation sites is 1. The highest BCUT2D eigenvalue weighted by atomic mass is 19.4. The highest BCUT2D eigenvalue weighted by molar-refractivity contribution is 5.95. The molecular formula is C21H19F3N2O2. The fourth-order valence-electron chi connectivity index (χ4n) is 3.82. The van der Waals surface area contributed by atoms with Crippen LogP contribution in [0.25, 0.3) is 22.1 Å². The van der Waals surface area contributed by atoms with Crippen LogP contribution in [-0.4, -0.2) is 28.9 Å². The summed E-state index contributed by atoms with van der Waals surface area (Å²) in [5.74, 6) is 0.904. The number of halogens is 3. The van der Waals surface area contributed by atoms with Crippen molar-refractivity contribution in [3.8, 4) is 11.1 Å². The highest BCUT2D eigenvalue weighted by Gasteiger charge is 2.33. The smallest absolute Gasteiger partial charge is 0.433 e. The largest absolute Gasteiger partial charge is 0.460 e. The second-order valence-corrected chi connectivity index (χ2v) is 7.05. The molecule has 3 heterocycles. The molecule has 0 N–H and O–H groups in total. The third-order valence-corrected chi connectivity index (χ3v) is 5.28. The van der Waals surface area contributed by atoms with Gasteiger partial charge in [-0.3, -0.25) is 9.78 Å². The number of fused-ring (bicyclic) bond motifs is 1. The quantitative estimate of drug-likeness (QED) is 0.603. The molecule has 1 saturated heterocycles. The minimum atomic E-state index is -4.47. The number of benzene rings is 1. The molecule has 1 aliphatic heterocycles. The number of nitrogens with zero attached hydrogens (tertiary/aromatic N) is 2. The van der Waals surface area contributed by atoms with Crippen LogP contribution in [0, 0.1) is 0 Å². The average Bonchev–Trinajstić information content (AvgIpc) is 3.07. The predicted octanol–water partition coefficient (Wildman–Crippen LogP) is 5.24. The minimum Gasteiger partial charge on any atom is -0.460 e. The Bertz CT molecular complexity index is 1000. The number of amides is 1. The molecule has 0 unspecified atom stereocenters. The topological polar surface area (TPSA) is 46.3 Å². The Kier molecular flexibility index (Phi) is 4.61. The van der Waals surface area contributed by atoms with E-state index in [0.717, 1.165) is 35.6 Å². The molecule has 0 spiro atoms.